The smallest absolute Gasteiger partial charge is 0.257 e. The lowest BCUT2D eigenvalue weighted by Crippen LogP contribution is -2.49. The number of pyridine rings is 1. The molecule has 0 aliphatic carbocycles. The van der Waals surface area contributed by atoms with Crippen molar-refractivity contribution < 1.29 is 17.9 Å². The van der Waals surface area contributed by atoms with Crippen molar-refractivity contribution in [1.29, 1.82) is 0 Å². The monoisotopic (exact) mass is 492 g/mol. The van der Waals surface area contributed by atoms with Gasteiger partial charge in [0.2, 0.25) is 10.0 Å². The van der Waals surface area contributed by atoms with Crippen LogP contribution in [0.25, 0.3) is 0 Å². The number of hydrogen-bond acceptors (Lipinski definition) is 6. The lowest BCUT2D eigenvalue weighted by molar-refractivity contribution is 0.0743. The lowest BCUT2D eigenvalue weighted by atomic mass is 10.1. The van der Waals surface area contributed by atoms with Gasteiger partial charge in [0.05, 0.1) is 22.6 Å². The van der Waals surface area contributed by atoms with Crippen molar-refractivity contribution in [2.75, 3.05) is 51.3 Å². The van der Waals surface area contributed by atoms with Gasteiger partial charge < -0.3 is 14.5 Å². The number of amides is 1. The summed E-state index contributed by atoms with van der Waals surface area (Å²) in [5.74, 6) is 0.825. The van der Waals surface area contributed by atoms with Crippen LogP contribution in [0.1, 0.15) is 36.0 Å². The fourth-order valence-corrected chi connectivity index (χ4v) is 6.13. The number of carbonyl (C=O) groups is 1. The van der Waals surface area contributed by atoms with Gasteiger partial charge in [0.25, 0.3) is 5.91 Å². The number of piperazine rings is 1. The molecule has 33 heavy (non-hydrogen) atoms. The summed E-state index contributed by atoms with van der Waals surface area (Å²) in [7, 11) is -2.19. The van der Waals surface area contributed by atoms with Crippen molar-refractivity contribution in [2.45, 2.75) is 30.6 Å². The highest BCUT2D eigenvalue weighted by Crippen LogP contribution is 2.28. The van der Waals surface area contributed by atoms with E-state index in [1.165, 1.54) is 23.5 Å². The van der Waals surface area contributed by atoms with Crippen LogP contribution in [0.4, 0.5) is 5.82 Å². The van der Waals surface area contributed by atoms with Crippen molar-refractivity contribution in [3.8, 4) is 5.75 Å². The molecule has 2 aliphatic rings. The Kier molecular flexibility index (Phi) is 7.41. The van der Waals surface area contributed by atoms with E-state index >= 15 is 0 Å². The fourth-order valence-electron chi connectivity index (χ4n) is 4.35. The van der Waals surface area contributed by atoms with Gasteiger partial charge >= 0.3 is 0 Å². The number of ether oxygens (including phenoxy) is 1. The van der Waals surface area contributed by atoms with Crippen molar-refractivity contribution in [1.82, 2.24) is 14.2 Å². The number of aromatic nitrogens is 1. The molecule has 1 aromatic carbocycles. The molecule has 2 fully saturated rings. The Bertz CT molecular complexity index is 1100. The third kappa shape index (κ3) is 5.10. The maximum Gasteiger partial charge on any atom is 0.257 e. The van der Waals surface area contributed by atoms with E-state index in [2.05, 4.69) is 4.98 Å². The third-order valence-electron chi connectivity index (χ3n) is 6.21. The molecule has 2 aromatic rings. The predicted molar refractivity (Wildman–Crippen MR) is 128 cm³/mol. The van der Waals surface area contributed by atoms with E-state index in [-0.39, 0.29) is 16.4 Å². The average Bonchev–Trinajstić information content (AvgIpc) is 3.14. The number of rotatable bonds is 5. The molecule has 3 heterocycles. The molecule has 0 atom stereocenters. The van der Waals surface area contributed by atoms with Gasteiger partial charge in [-0.3, -0.25) is 4.79 Å². The molecule has 2 aliphatic heterocycles. The minimum atomic E-state index is -3.67. The van der Waals surface area contributed by atoms with Gasteiger partial charge in [-0.25, -0.2) is 13.4 Å². The molecule has 4 rings (SSSR count). The first-order chi connectivity index (χ1) is 15.9. The predicted octanol–water partition coefficient (Wildman–Crippen LogP) is 3.27. The van der Waals surface area contributed by atoms with Crippen LogP contribution in [0.2, 0.25) is 5.02 Å². The van der Waals surface area contributed by atoms with Crippen LogP contribution in [0.5, 0.6) is 5.75 Å². The lowest BCUT2D eigenvalue weighted by Gasteiger charge is -2.36. The Morgan fingerprint density at radius 3 is 2.33 bits per heavy atom. The summed E-state index contributed by atoms with van der Waals surface area (Å²) in [6, 6.07) is 8.13. The van der Waals surface area contributed by atoms with E-state index in [4.69, 9.17) is 16.3 Å². The maximum absolute atomic E-state index is 13.4. The number of benzene rings is 1. The van der Waals surface area contributed by atoms with Crippen LogP contribution < -0.4 is 9.64 Å². The van der Waals surface area contributed by atoms with Gasteiger partial charge in [0.15, 0.2) is 0 Å². The van der Waals surface area contributed by atoms with Crippen LogP contribution in [0, 0.1) is 0 Å². The van der Waals surface area contributed by atoms with Crippen molar-refractivity contribution in [2.24, 2.45) is 0 Å². The summed E-state index contributed by atoms with van der Waals surface area (Å²) >= 11 is 6.26. The second kappa shape index (κ2) is 10.3. The standard InChI is InChI=1S/C23H29ClN4O4S/c1-32-21-9-8-18(33(30,31)28-11-4-2-3-5-12-28)17-19(21)23(29)27-15-13-26(14-16-27)22-20(24)7-6-10-25-22/h6-10,17H,2-5,11-16H2,1H3. The minimum Gasteiger partial charge on any atom is -0.496 e. The number of nitrogens with zero attached hydrogens (tertiary/aromatic N) is 4. The van der Waals surface area contributed by atoms with E-state index in [1.807, 2.05) is 4.90 Å². The summed E-state index contributed by atoms with van der Waals surface area (Å²) in [5.41, 5.74) is 0.262. The number of methoxy groups -OCH3 is 1. The van der Waals surface area contributed by atoms with Crippen LogP contribution >= 0.6 is 11.6 Å². The summed E-state index contributed by atoms with van der Waals surface area (Å²) in [4.78, 5) is 21.6. The van der Waals surface area contributed by atoms with Gasteiger partial charge in [0, 0.05) is 45.5 Å². The minimum absolute atomic E-state index is 0.132. The molecular weight excluding hydrogens is 464 g/mol. The first kappa shape index (κ1) is 23.8. The Balaban J connectivity index is 1.53. The number of carbonyl (C=O) groups excluding carboxylic acids is 1. The molecular formula is C23H29ClN4O4S. The van der Waals surface area contributed by atoms with Crippen LogP contribution in [-0.2, 0) is 10.0 Å². The van der Waals surface area contributed by atoms with Crippen LogP contribution in [-0.4, -0.2) is 74.9 Å². The molecule has 1 amide bonds. The first-order valence-electron chi connectivity index (χ1n) is 11.2. The molecule has 0 bridgehead atoms. The summed E-state index contributed by atoms with van der Waals surface area (Å²) in [6.07, 6.45) is 5.47. The molecule has 1 aromatic heterocycles. The molecule has 0 N–H and O–H groups in total. The van der Waals surface area contributed by atoms with Crippen LogP contribution in [0.15, 0.2) is 41.4 Å². The molecule has 2 saturated heterocycles. The number of sulfonamides is 1. The average molecular weight is 493 g/mol. The van der Waals surface area contributed by atoms with Gasteiger partial charge in [-0.1, -0.05) is 24.4 Å². The molecule has 0 saturated carbocycles. The van der Waals surface area contributed by atoms with Crippen molar-refractivity contribution >= 4 is 33.3 Å². The maximum atomic E-state index is 13.4. The second-order valence-electron chi connectivity index (χ2n) is 8.27. The van der Waals surface area contributed by atoms with E-state index in [1.54, 1.807) is 29.3 Å². The molecule has 178 valence electrons. The largest absolute Gasteiger partial charge is 0.496 e. The van der Waals surface area contributed by atoms with Gasteiger partial charge in [-0.2, -0.15) is 4.31 Å². The van der Waals surface area contributed by atoms with E-state index in [0.717, 1.165) is 25.7 Å². The highest BCUT2D eigenvalue weighted by molar-refractivity contribution is 7.89. The van der Waals surface area contributed by atoms with Gasteiger partial charge in [-0.15, -0.1) is 0 Å². The van der Waals surface area contributed by atoms with E-state index < -0.39 is 10.0 Å². The number of anilines is 1. The molecule has 10 heteroatoms. The molecule has 0 radical (unpaired) electrons. The third-order valence-corrected chi connectivity index (χ3v) is 8.40. The first-order valence-corrected chi connectivity index (χ1v) is 13.1. The SMILES string of the molecule is COc1ccc(S(=O)(=O)N2CCCCCC2)cc1C(=O)N1CCN(c2ncccc2Cl)CC1. The quantitative estimate of drug-likeness (QED) is 0.637. The number of hydrogen-bond donors (Lipinski definition) is 0. The van der Waals surface area contributed by atoms with Crippen LogP contribution in [0.3, 0.4) is 0 Å². The molecule has 0 spiro atoms. The van der Waals surface area contributed by atoms with E-state index in [0.29, 0.717) is 55.9 Å². The zero-order valence-electron chi connectivity index (χ0n) is 18.7. The molecule has 8 nitrogen and oxygen atoms in total. The van der Waals surface area contributed by atoms with E-state index in [9.17, 15) is 13.2 Å². The topological polar surface area (TPSA) is 83.0 Å². The summed E-state index contributed by atoms with van der Waals surface area (Å²) in [6.45, 7) is 3.12. The van der Waals surface area contributed by atoms with Crippen molar-refractivity contribution in [3.63, 3.8) is 0 Å². The summed E-state index contributed by atoms with van der Waals surface area (Å²) in [5, 5.41) is 0.574. The van der Waals surface area contributed by atoms with Gasteiger partial charge in [0.1, 0.15) is 11.6 Å². The van der Waals surface area contributed by atoms with Gasteiger partial charge in [-0.05, 0) is 43.2 Å². The number of halogens is 1. The zero-order valence-corrected chi connectivity index (χ0v) is 20.3. The Labute approximate surface area is 200 Å². The highest BCUT2D eigenvalue weighted by atomic mass is 35.5. The highest BCUT2D eigenvalue weighted by Gasteiger charge is 2.30. The second-order valence-corrected chi connectivity index (χ2v) is 10.6. The summed E-state index contributed by atoms with van der Waals surface area (Å²) < 4.78 is 33.4. The molecule has 0 unspecified atom stereocenters. The Hall–Kier alpha value is -2.36. The Morgan fingerprint density at radius 1 is 1.00 bits per heavy atom. The Morgan fingerprint density at radius 2 is 1.70 bits per heavy atom. The van der Waals surface area contributed by atoms with Crippen molar-refractivity contribution in [3.05, 3.63) is 47.1 Å². The normalized spacial score (nSPS) is 18.1. The zero-order chi connectivity index (χ0) is 23.4. The fraction of sp³-hybridized carbons (Fsp3) is 0.478.